The summed E-state index contributed by atoms with van der Waals surface area (Å²) in [5.41, 5.74) is 7.24. The van der Waals surface area contributed by atoms with Crippen molar-refractivity contribution in [1.29, 1.82) is 0 Å². The van der Waals surface area contributed by atoms with Crippen LogP contribution in [0.5, 0.6) is 0 Å². The summed E-state index contributed by atoms with van der Waals surface area (Å²) in [6, 6.07) is 10.4. The Morgan fingerprint density at radius 1 is 1.31 bits per heavy atom. The maximum atomic E-state index is 6.03. The van der Waals surface area contributed by atoms with Crippen LogP contribution in [-0.2, 0) is 0 Å². The minimum Gasteiger partial charge on any atom is -0.323 e. The quantitative estimate of drug-likeness (QED) is 0.759. The first-order valence-corrected chi connectivity index (χ1v) is 4.73. The van der Waals surface area contributed by atoms with E-state index in [1.165, 1.54) is 5.56 Å². The summed E-state index contributed by atoms with van der Waals surface area (Å²) < 4.78 is 0. The van der Waals surface area contributed by atoms with Crippen LogP contribution >= 0.6 is 0 Å². The molecule has 0 amide bonds. The average molecular weight is 178 g/mol. The monoisotopic (exact) mass is 178 g/mol. The summed E-state index contributed by atoms with van der Waals surface area (Å²) in [4.78, 5) is 2.22. The molecular weight excluding hydrogens is 160 g/mol. The van der Waals surface area contributed by atoms with Gasteiger partial charge in [-0.05, 0) is 19.2 Å². The molecule has 2 heteroatoms. The largest absolute Gasteiger partial charge is 0.323 e. The number of hydrogen-bond donors (Lipinski definition) is 1. The van der Waals surface area contributed by atoms with Gasteiger partial charge in [0.05, 0.1) is 0 Å². The molecule has 1 rings (SSSR count). The van der Waals surface area contributed by atoms with Gasteiger partial charge in [0.1, 0.15) is 0 Å². The van der Waals surface area contributed by atoms with Crippen molar-refractivity contribution in [1.82, 2.24) is 4.90 Å². The maximum Gasteiger partial charge on any atom is 0.0424 e. The van der Waals surface area contributed by atoms with Gasteiger partial charge < -0.3 is 10.6 Å². The Kier molecular flexibility index (Phi) is 3.93. The first-order chi connectivity index (χ1) is 6.24. The first kappa shape index (κ1) is 10.2. The lowest BCUT2D eigenvalue weighted by Gasteiger charge is -2.19. The third-order valence-corrected chi connectivity index (χ3v) is 2.28. The van der Waals surface area contributed by atoms with E-state index in [0.29, 0.717) is 0 Å². The van der Waals surface area contributed by atoms with E-state index in [2.05, 4.69) is 31.0 Å². The van der Waals surface area contributed by atoms with Gasteiger partial charge in [-0.25, -0.2) is 0 Å². The number of hydrogen-bond acceptors (Lipinski definition) is 2. The highest BCUT2D eigenvalue weighted by atomic mass is 15.1. The van der Waals surface area contributed by atoms with E-state index in [1.807, 2.05) is 18.2 Å². The predicted molar refractivity (Wildman–Crippen MR) is 56.5 cm³/mol. The van der Waals surface area contributed by atoms with E-state index >= 15 is 0 Å². The molecule has 2 nitrogen and oxygen atoms in total. The van der Waals surface area contributed by atoms with Crippen molar-refractivity contribution in [2.45, 2.75) is 13.0 Å². The number of nitrogens with two attached hydrogens (primary N) is 1. The third kappa shape index (κ3) is 3.17. The van der Waals surface area contributed by atoms with Gasteiger partial charge in [0, 0.05) is 12.6 Å². The molecule has 1 aromatic carbocycles. The Bertz CT molecular complexity index is 233. The molecular formula is C11H18N2. The predicted octanol–water partition coefficient (Wildman–Crippen LogP) is 1.64. The Balaban J connectivity index is 2.53. The molecule has 0 aromatic heterocycles. The van der Waals surface area contributed by atoms with Crippen molar-refractivity contribution in [3.05, 3.63) is 35.9 Å². The van der Waals surface area contributed by atoms with Crippen LogP contribution in [0.2, 0.25) is 0 Å². The van der Waals surface area contributed by atoms with Gasteiger partial charge in [0.2, 0.25) is 0 Å². The smallest absolute Gasteiger partial charge is 0.0424 e. The average Bonchev–Trinajstić information content (AvgIpc) is 2.19. The van der Waals surface area contributed by atoms with Crippen molar-refractivity contribution < 1.29 is 0 Å². The van der Waals surface area contributed by atoms with E-state index in [9.17, 15) is 0 Å². The molecule has 0 aliphatic heterocycles. The van der Waals surface area contributed by atoms with Crippen LogP contribution < -0.4 is 5.73 Å². The molecule has 0 spiro atoms. The van der Waals surface area contributed by atoms with Gasteiger partial charge in [-0.1, -0.05) is 37.3 Å². The lowest BCUT2D eigenvalue weighted by molar-refractivity contribution is 0.329. The Hall–Kier alpha value is -0.860. The normalized spacial score (nSPS) is 13.2. The molecule has 0 fully saturated rings. The molecule has 0 aliphatic carbocycles. The summed E-state index contributed by atoms with van der Waals surface area (Å²) in [6.07, 6.45) is 0. The lowest BCUT2D eigenvalue weighted by atomic mass is 10.1. The van der Waals surface area contributed by atoms with Gasteiger partial charge in [-0.2, -0.15) is 0 Å². The van der Waals surface area contributed by atoms with E-state index in [-0.39, 0.29) is 6.04 Å². The van der Waals surface area contributed by atoms with Crippen LogP contribution in [0.4, 0.5) is 0 Å². The zero-order valence-electron chi connectivity index (χ0n) is 8.40. The van der Waals surface area contributed by atoms with E-state index in [0.717, 1.165) is 13.1 Å². The van der Waals surface area contributed by atoms with Gasteiger partial charge in [0.15, 0.2) is 0 Å². The van der Waals surface area contributed by atoms with Gasteiger partial charge in [-0.15, -0.1) is 0 Å². The standard InChI is InChI=1S/C11H18N2/c1-3-13(2)9-11(12)10-7-5-4-6-8-10/h4-8,11H,3,9,12H2,1-2H3. The van der Waals surface area contributed by atoms with E-state index < -0.39 is 0 Å². The Morgan fingerprint density at radius 3 is 2.46 bits per heavy atom. The molecule has 0 saturated heterocycles. The Labute approximate surface area is 80.4 Å². The maximum absolute atomic E-state index is 6.03. The summed E-state index contributed by atoms with van der Waals surface area (Å²) in [7, 11) is 2.09. The second kappa shape index (κ2) is 5.00. The number of rotatable bonds is 4. The summed E-state index contributed by atoms with van der Waals surface area (Å²) >= 11 is 0. The molecule has 1 unspecified atom stereocenters. The van der Waals surface area contributed by atoms with Crippen molar-refractivity contribution >= 4 is 0 Å². The molecule has 0 saturated carbocycles. The van der Waals surface area contributed by atoms with Gasteiger partial charge >= 0.3 is 0 Å². The zero-order chi connectivity index (χ0) is 9.68. The topological polar surface area (TPSA) is 29.3 Å². The van der Waals surface area contributed by atoms with Crippen LogP contribution in [0.3, 0.4) is 0 Å². The molecule has 72 valence electrons. The summed E-state index contributed by atoms with van der Waals surface area (Å²) in [5, 5.41) is 0. The van der Waals surface area contributed by atoms with Crippen molar-refractivity contribution in [3.8, 4) is 0 Å². The number of nitrogens with zero attached hydrogens (tertiary/aromatic N) is 1. The second-order valence-electron chi connectivity index (χ2n) is 3.37. The van der Waals surface area contributed by atoms with Crippen molar-refractivity contribution in [2.75, 3.05) is 20.1 Å². The van der Waals surface area contributed by atoms with E-state index in [4.69, 9.17) is 5.73 Å². The fraction of sp³-hybridized carbons (Fsp3) is 0.455. The van der Waals surface area contributed by atoms with Crippen LogP contribution in [0.25, 0.3) is 0 Å². The highest BCUT2D eigenvalue weighted by molar-refractivity contribution is 5.18. The van der Waals surface area contributed by atoms with E-state index in [1.54, 1.807) is 0 Å². The number of benzene rings is 1. The second-order valence-corrected chi connectivity index (χ2v) is 3.37. The summed E-state index contributed by atoms with van der Waals surface area (Å²) in [6.45, 7) is 4.10. The van der Waals surface area contributed by atoms with Crippen molar-refractivity contribution in [3.63, 3.8) is 0 Å². The van der Waals surface area contributed by atoms with Crippen molar-refractivity contribution in [2.24, 2.45) is 5.73 Å². The fourth-order valence-corrected chi connectivity index (χ4v) is 1.27. The molecule has 1 aromatic rings. The van der Waals surface area contributed by atoms with Gasteiger partial charge in [-0.3, -0.25) is 0 Å². The molecule has 1 atom stereocenters. The zero-order valence-corrected chi connectivity index (χ0v) is 8.40. The Morgan fingerprint density at radius 2 is 1.92 bits per heavy atom. The highest BCUT2D eigenvalue weighted by Crippen LogP contribution is 2.09. The minimum absolute atomic E-state index is 0.131. The minimum atomic E-state index is 0.131. The molecule has 0 aliphatic rings. The van der Waals surface area contributed by atoms with Crippen LogP contribution in [0.15, 0.2) is 30.3 Å². The van der Waals surface area contributed by atoms with Crippen LogP contribution in [-0.4, -0.2) is 25.0 Å². The van der Waals surface area contributed by atoms with Gasteiger partial charge in [0.25, 0.3) is 0 Å². The number of likely N-dealkylation sites (N-methyl/N-ethyl adjacent to an activating group) is 1. The van der Waals surface area contributed by atoms with Crippen LogP contribution in [0, 0.1) is 0 Å². The lowest BCUT2D eigenvalue weighted by Crippen LogP contribution is -2.28. The van der Waals surface area contributed by atoms with Crippen LogP contribution in [0.1, 0.15) is 18.5 Å². The molecule has 0 heterocycles. The fourth-order valence-electron chi connectivity index (χ4n) is 1.27. The highest BCUT2D eigenvalue weighted by Gasteiger charge is 2.06. The molecule has 13 heavy (non-hydrogen) atoms. The SMILES string of the molecule is CCN(C)CC(N)c1ccccc1. The third-order valence-electron chi connectivity index (χ3n) is 2.28. The first-order valence-electron chi connectivity index (χ1n) is 4.73. The summed E-state index contributed by atoms with van der Waals surface area (Å²) in [5.74, 6) is 0. The molecule has 2 N–H and O–H groups in total. The molecule has 0 radical (unpaired) electrons. The molecule has 0 bridgehead atoms.